The van der Waals surface area contributed by atoms with Crippen molar-refractivity contribution in [2.45, 2.75) is 45.3 Å². The predicted molar refractivity (Wildman–Crippen MR) is 103 cm³/mol. The van der Waals surface area contributed by atoms with E-state index in [0.717, 1.165) is 55.7 Å². The first-order chi connectivity index (χ1) is 12.8. The minimum absolute atomic E-state index is 0.0242. The number of likely N-dealkylation sites (tertiary alicyclic amines) is 1. The van der Waals surface area contributed by atoms with Crippen LogP contribution in [0.4, 0.5) is 10.6 Å². The van der Waals surface area contributed by atoms with Gasteiger partial charge in [-0.25, -0.2) is 9.78 Å². The number of rotatable bonds is 7. The van der Waals surface area contributed by atoms with Crippen LogP contribution in [0.2, 0.25) is 0 Å². The fourth-order valence-electron chi connectivity index (χ4n) is 3.33. The first-order valence-electron chi connectivity index (χ1n) is 9.45. The molecule has 0 spiro atoms. The van der Waals surface area contributed by atoms with Crippen molar-refractivity contribution in [1.29, 1.82) is 0 Å². The summed E-state index contributed by atoms with van der Waals surface area (Å²) in [5.74, 6) is 0.883. The molecule has 1 aliphatic heterocycles. The highest BCUT2D eigenvalue weighted by Crippen LogP contribution is 2.35. The molecule has 2 heterocycles. The number of ether oxygens (including phenoxy) is 1. The van der Waals surface area contributed by atoms with E-state index in [0.29, 0.717) is 6.61 Å². The summed E-state index contributed by atoms with van der Waals surface area (Å²) in [5.41, 5.74) is 2.08. The molecular weight excluding hydrogens is 326 g/mol. The summed E-state index contributed by atoms with van der Waals surface area (Å²) in [5, 5.41) is 3.42. The van der Waals surface area contributed by atoms with E-state index in [4.69, 9.17) is 4.74 Å². The number of anilines is 1. The summed E-state index contributed by atoms with van der Waals surface area (Å²) in [6.07, 6.45) is 5.70. The van der Waals surface area contributed by atoms with E-state index in [2.05, 4.69) is 23.3 Å². The van der Waals surface area contributed by atoms with Crippen LogP contribution >= 0.6 is 0 Å². The fourth-order valence-corrected chi connectivity index (χ4v) is 3.33. The maximum Gasteiger partial charge on any atom is 0.410 e. The maximum atomic E-state index is 12.6. The van der Waals surface area contributed by atoms with Gasteiger partial charge in [0.25, 0.3) is 0 Å². The molecule has 0 unspecified atom stereocenters. The Morgan fingerprint density at radius 3 is 2.92 bits per heavy atom. The molecule has 0 aliphatic carbocycles. The first kappa shape index (κ1) is 18.2. The zero-order chi connectivity index (χ0) is 18.2. The van der Waals surface area contributed by atoms with E-state index in [9.17, 15) is 4.79 Å². The van der Waals surface area contributed by atoms with Gasteiger partial charge < -0.3 is 15.0 Å². The Bertz CT molecular complexity index is 705. The average Bonchev–Trinajstić information content (AvgIpc) is 3.17. The van der Waals surface area contributed by atoms with E-state index < -0.39 is 0 Å². The summed E-state index contributed by atoms with van der Waals surface area (Å²) in [7, 11) is 0. The van der Waals surface area contributed by atoms with Crippen molar-refractivity contribution in [1.82, 2.24) is 9.88 Å². The number of unbranched alkanes of at least 4 members (excludes halogenated alkanes) is 1. The number of pyridine rings is 1. The SMILES string of the molecule is CCCCNc1ncccc1[C@H]1CCCN1C(=O)OCc1ccccc1. The number of aromatic nitrogens is 1. The van der Waals surface area contributed by atoms with Gasteiger partial charge in [0, 0.05) is 24.8 Å². The molecule has 1 atom stereocenters. The number of hydrogen-bond donors (Lipinski definition) is 1. The Balaban J connectivity index is 1.67. The lowest BCUT2D eigenvalue weighted by Gasteiger charge is -2.26. The van der Waals surface area contributed by atoms with Crippen LogP contribution in [0.15, 0.2) is 48.7 Å². The normalized spacial score (nSPS) is 16.5. The third-order valence-corrected chi connectivity index (χ3v) is 4.71. The number of amides is 1. The lowest BCUT2D eigenvalue weighted by Crippen LogP contribution is -2.31. The molecule has 1 aromatic heterocycles. The van der Waals surface area contributed by atoms with Crippen molar-refractivity contribution in [2.24, 2.45) is 0 Å². The molecule has 1 aromatic carbocycles. The number of nitrogens with zero attached hydrogens (tertiary/aromatic N) is 2. The van der Waals surface area contributed by atoms with Gasteiger partial charge in [-0.05, 0) is 30.9 Å². The molecule has 0 saturated carbocycles. The lowest BCUT2D eigenvalue weighted by atomic mass is 10.1. The molecule has 0 radical (unpaired) electrons. The molecule has 26 heavy (non-hydrogen) atoms. The van der Waals surface area contributed by atoms with Crippen molar-refractivity contribution in [2.75, 3.05) is 18.4 Å². The molecule has 5 heteroatoms. The second-order valence-corrected chi connectivity index (χ2v) is 6.61. The second kappa shape index (κ2) is 9.22. The summed E-state index contributed by atoms with van der Waals surface area (Å²) < 4.78 is 5.55. The van der Waals surface area contributed by atoms with Gasteiger partial charge in [-0.1, -0.05) is 49.7 Å². The molecule has 1 fully saturated rings. The molecule has 3 rings (SSSR count). The molecule has 5 nitrogen and oxygen atoms in total. The third-order valence-electron chi connectivity index (χ3n) is 4.71. The van der Waals surface area contributed by atoms with Crippen molar-refractivity contribution in [3.63, 3.8) is 0 Å². The number of hydrogen-bond acceptors (Lipinski definition) is 4. The number of carbonyl (C=O) groups is 1. The van der Waals surface area contributed by atoms with Gasteiger partial charge >= 0.3 is 6.09 Å². The Hall–Kier alpha value is -2.56. The number of benzene rings is 1. The van der Waals surface area contributed by atoms with Crippen LogP contribution in [-0.4, -0.2) is 29.1 Å². The highest BCUT2D eigenvalue weighted by Gasteiger charge is 2.32. The van der Waals surface area contributed by atoms with Crippen LogP contribution in [0.3, 0.4) is 0 Å². The zero-order valence-corrected chi connectivity index (χ0v) is 15.4. The highest BCUT2D eigenvalue weighted by atomic mass is 16.6. The molecule has 2 aromatic rings. The van der Waals surface area contributed by atoms with Gasteiger partial charge in [0.1, 0.15) is 12.4 Å². The quantitative estimate of drug-likeness (QED) is 0.729. The van der Waals surface area contributed by atoms with E-state index in [1.165, 1.54) is 0 Å². The Morgan fingerprint density at radius 2 is 2.12 bits per heavy atom. The number of carbonyl (C=O) groups excluding carboxylic acids is 1. The summed E-state index contributed by atoms with van der Waals surface area (Å²) in [6.45, 7) is 4.09. The van der Waals surface area contributed by atoms with Crippen LogP contribution in [0, 0.1) is 0 Å². The van der Waals surface area contributed by atoms with Crippen LogP contribution in [0.25, 0.3) is 0 Å². The molecule has 1 saturated heterocycles. The molecule has 1 aliphatic rings. The van der Waals surface area contributed by atoms with E-state index in [1.54, 1.807) is 6.20 Å². The highest BCUT2D eigenvalue weighted by molar-refractivity contribution is 5.69. The minimum Gasteiger partial charge on any atom is -0.445 e. The average molecular weight is 353 g/mol. The summed E-state index contributed by atoms with van der Waals surface area (Å²) in [4.78, 5) is 19.0. The second-order valence-electron chi connectivity index (χ2n) is 6.61. The molecule has 1 N–H and O–H groups in total. The fraction of sp³-hybridized carbons (Fsp3) is 0.429. The zero-order valence-electron chi connectivity index (χ0n) is 15.4. The Kier molecular flexibility index (Phi) is 6.47. The Morgan fingerprint density at radius 1 is 1.27 bits per heavy atom. The smallest absolute Gasteiger partial charge is 0.410 e. The van der Waals surface area contributed by atoms with Gasteiger partial charge in [0.05, 0.1) is 6.04 Å². The standard InChI is InChI=1S/C21H27N3O2/c1-2-3-13-22-20-18(11-7-14-23-20)19-12-8-15-24(19)21(25)26-16-17-9-5-4-6-10-17/h4-7,9-11,14,19H,2-3,8,12-13,15-16H2,1H3,(H,22,23)/t19-/m1/s1. The van der Waals surface area contributed by atoms with E-state index in [1.807, 2.05) is 41.3 Å². The molecule has 1 amide bonds. The van der Waals surface area contributed by atoms with E-state index in [-0.39, 0.29) is 12.1 Å². The van der Waals surface area contributed by atoms with Gasteiger partial charge in [-0.2, -0.15) is 0 Å². The van der Waals surface area contributed by atoms with Gasteiger partial charge in [-0.15, -0.1) is 0 Å². The maximum absolute atomic E-state index is 12.6. The topological polar surface area (TPSA) is 54.5 Å². The monoisotopic (exact) mass is 353 g/mol. The van der Waals surface area contributed by atoms with E-state index >= 15 is 0 Å². The van der Waals surface area contributed by atoms with Crippen molar-refractivity contribution >= 4 is 11.9 Å². The minimum atomic E-state index is -0.250. The van der Waals surface area contributed by atoms with Crippen molar-refractivity contribution in [3.8, 4) is 0 Å². The molecule has 0 bridgehead atoms. The van der Waals surface area contributed by atoms with Gasteiger partial charge in [0.15, 0.2) is 0 Å². The van der Waals surface area contributed by atoms with Crippen molar-refractivity contribution < 1.29 is 9.53 Å². The lowest BCUT2D eigenvalue weighted by molar-refractivity contribution is 0.0921. The molecular formula is C21H27N3O2. The van der Waals surface area contributed by atoms with Crippen LogP contribution in [0.5, 0.6) is 0 Å². The predicted octanol–water partition coefficient (Wildman–Crippen LogP) is 4.77. The van der Waals surface area contributed by atoms with Crippen molar-refractivity contribution in [3.05, 3.63) is 59.8 Å². The first-order valence-corrected chi connectivity index (χ1v) is 9.45. The molecule has 138 valence electrons. The van der Waals surface area contributed by atoms with Crippen LogP contribution in [0.1, 0.15) is 49.8 Å². The summed E-state index contributed by atoms with van der Waals surface area (Å²) in [6, 6.07) is 13.8. The van der Waals surface area contributed by atoms with Gasteiger partial charge in [0.2, 0.25) is 0 Å². The third kappa shape index (κ3) is 4.54. The largest absolute Gasteiger partial charge is 0.445 e. The van der Waals surface area contributed by atoms with Gasteiger partial charge in [-0.3, -0.25) is 0 Å². The number of nitrogens with one attached hydrogen (secondary N) is 1. The summed E-state index contributed by atoms with van der Waals surface area (Å²) >= 11 is 0. The Labute approximate surface area is 155 Å². The van der Waals surface area contributed by atoms with Crippen LogP contribution in [-0.2, 0) is 11.3 Å². The van der Waals surface area contributed by atoms with Crippen LogP contribution < -0.4 is 5.32 Å².